The van der Waals surface area contributed by atoms with E-state index in [1.807, 2.05) is 13.1 Å². The fourth-order valence-corrected chi connectivity index (χ4v) is 4.51. The molecule has 0 bridgehead atoms. The average molecular weight is 299 g/mol. The molecule has 1 fully saturated rings. The molecule has 0 spiro atoms. The second-order valence-corrected chi connectivity index (χ2v) is 7.97. The van der Waals surface area contributed by atoms with Crippen molar-refractivity contribution in [3.63, 3.8) is 0 Å². The van der Waals surface area contributed by atoms with E-state index in [0.717, 1.165) is 24.8 Å². The van der Waals surface area contributed by atoms with Gasteiger partial charge in [0.15, 0.2) is 9.84 Å². The van der Waals surface area contributed by atoms with Crippen molar-refractivity contribution in [2.45, 2.75) is 38.3 Å². The average Bonchev–Trinajstić information content (AvgIpc) is 2.75. The molecule has 1 aliphatic heterocycles. The van der Waals surface area contributed by atoms with E-state index in [0.29, 0.717) is 5.75 Å². The van der Waals surface area contributed by atoms with Gasteiger partial charge in [-0.1, -0.05) is 12.1 Å². The van der Waals surface area contributed by atoms with E-state index >= 15 is 0 Å². The fraction of sp³-hybridized carbons (Fsp3) is 0.600. The third-order valence-corrected chi connectivity index (χ3v) is 5.97. The van der Waals surface area contributed by atoms with Crippen molar-refractivity contribution in [3.8, 4) is 0 Å². The largest absolute Gasteiger partial charge is 0.300 e. The van der Waals surface area contributed by atoms with E-state index in [1.165, 1.54) is 6.07 Å². The fourth-order valence-electron chi connectivity index (χ4n) is 2.73. The number of hydrogen-bond acceptors (Lipinski definition) is 3. The molecule has 1 aromatic rings. The molecule has 0 unspecified atom stereocenters. The van der Waals surface area contributed by atoms with Gasteiger partial charge in [0.1, 0.15) is 5.82 Å². The van der Waals surface area contributed by atoms with Gasteiger partial charge in [-0.3, -0.25) is 4.90 Å². The Hall–Kier alpha value is -0.940. The maximum absolute atomic E-state index is 13.1. The highest BCUT2D eigenvalue weighted by Gasteiger charge is 2.32. The van der Waals surface area contributed by atoms with E-state index in [1.54, 1.807) is 12.1 Å². The Labute approximate surface area is 120 Å². The van der Waals surface area contributed by atoms with Gasteiger partial charge in [-0.2, -0.15) is 0 Å². The van der Waals surface area contributed by atoms with Gasteiger partial charge in [0, 0.05) is 12.1 Å². The van der Waals surface area contributed by atoms with E-state index in [4.69, 9.17) is 0 Å². The summed E-state index contributed by atoms with van der Waals surface area (Å²) in [6.07, 6.45) is 2.43. The van der Waals surface area contributed by atoms with Gasteiger partial charge in [-0.15, -0.1) is 0 Å². The highest BCUT2D eigenvalue weighted by Crippen LogP contribution is 2.20. The Balaban J connectivity index is 1.87. The highest BCUT2D eigenvalue weighted by atomic mass is 32.2. The first-order valence-electron chi connectivity index (χ1n) is 7.04. The van der Waals surface area contributed by atoms with Gasteiger partial charge in [-0.05, 0) is 50.9 Å². The molecule has 0 aliphatic carbocycles. The Morgan fingerprint density at radius 1 is 1.45 bits per heavy atom. The maximum atomic E-state index is 13.1. The summed E-state index contributed by atoms with van der Waals surface area (Å²) in [5, 5.41) is 0. The third kappa shape index (κ3) is 4.03. The van der Waals surface area contributed by atoms with Crippen LogP contribution in [0.15, 0.2) is 24.3 Å². The van der Waals surface area contributed by atoms with E-state index in [9.17, 15) is 12.8 Å². The number of rotatable bonds is 5. The van der Waals surface area contributed by atoms with Gasteiger partial charge in [-0.25, -0.2) is 12.8 Å². The van der Waals surface area contributed by atoms with Crippen molar-refractivity contribution in [1.82, 2.24) is 4.90 Å². The van der Waals surface area contributed by atoms with Crippen LogP contribution in [0.4, 0.5) is 4.39 Å². The lowest BCUT2D eigenvalue weighted by atomic mass is 10.0. The monoisotopic (exact) mass is 299 g/mol. The van der Waals surface area contributed by atoms with Crippen LogP contribution in [0.2, 0.25) is 0 Å². The minimum atomic E-state index is -2.84. The molecule has 0 aromatic heterocycles. The zero-order chi connectivity index (χ0) is 14.8. The number of nitrogens with zero attached hydrogens (tertiary/aromatic N) is 1. The summed E-state index contributed by atoms with van der Waals surface area (Å²) in [6, 6.07) is 7.08. The van der Waals surface area contributed by atoms with Crippen LogP contribution >= 0.6 is 0 Å². The van der Waals surface area contributed by atoms with Gasteiger partial charge in [0.25, 0.3) is 0 Å². The Kier molecular flexibility index (Phi) is 4.81. The molecule has 1 aliphatic rings. The number of aryl methyl sites for hydroxylation is 1. The maximum Gasteiger partial charge on any atom is 0.151 e. The standard InChI is InChI=1S/C15H22FNO2S/c1-12(6-7-13-4-3-5-14(16)10-13)17(2)15-8-9-20(18,19)11-15/h3-5,10,12,15H,6-9,11H2,1-2H3/t12-,15+/m0/s1. The number of benzene rings is 1. The summed E-state index contributed by atoms with van der Waals surface area (Å²) >= 11 is 0. The Bertz CT molecular complexity index is 559. The predicted molar refractivity (Wildman–Crippen MR) is 79.0 cm³/mol. The first kappa shape index (κ1) is 15.4. The van der Waals surface area contributed by atoms with E-state index in [-0.39, 0.29) is 23.7 Å². The van der Waals surface area contributed by atoms with Crippen LogP contribution in [0.1, 0.15) is 25.3 Å². The Morgan fingerprint density at radius 3 is 2.80 bits per heavy atom. The Morgan fingerprint density at radius 2 is 2.20 bits per heavy atom. The smallest absolute Gasteiger partial charge is 0.151 e. The number of halogens is 1. The molecule has 1 aromatic carbocycles. The number of sulfone groups is 1. The molecule has 2 rings (SSSR count). The summed E-state index contributed by atoms with van der Waals surface area (Å²) in [7, 11) is -0.850. The number of hydrogen-bond donors (Lipinski definition) is 0. The highest BCUT2D eigenvalue weighted by molar-refractivity contribution is 7.91. The molecule has 5 heteroatoms. The first-order valence-corrected chi connectivity index (χ1v) is 8.86. The van der Waals surface area contributed by atoms with E-state index < -0.39 is 9.84 Å². The molecule has 3 nitrogen and oxygen atoms in total. The van der Waals surface area contributed by atoms with Crippen LogP contribution in [-0.4, -0.2) is 44.0 Å². The molecule has 0 N–H and O–H groups in total. The lowest BCUT2D eigenvalue weighted by molar-refractivity contribution is 0.191. The molecule has 112 valence electrons. The molecule has 1 saturated heterocycles. The zero-order valence-corrected chi connectivity index (χ0v) is 12.9. The van der Waals surface area contributed by atoms with Crippen molar-refractivity contribution in [2.75, 3.05) is 18.6 Å². The summed E-state index contributed by atoms with van der Waals surface area (Å²) < 4.78 is 36.1. The van der Waals surface area contributed by atoms with Crippen molar-refractivity contribution in [1.29, 1.82) is 0 Å². The summed E-state index contributed by atoms with van der Waals surface area (Å²) in [4.78, 5) is 2.16. The second-order valence-electron chi connectivity index (χ2n) is 5.74. The minimum Gasteiger partial charge on any atom is -0.300 e. The SMILES string of the molecule is C[C@@H](CCc1cccc(F)c1)N(C)[C@@H]1CCS(=O)(=O)C1. The molecule has 2 atom stereocenters. The van der Waals surface area contributed by atoms with Crippen LogP contribution in [0.25, 0.3) is 0 Å². The predicted octanol–water partition coefficient (Wildman–Crippen LogP) is 2.27. The van der Waals surface area contributed by atoms with Gasteiger partial charge >= 0.3 is 0 Å². The van der Waals surface area contributed by atoms with Crippen LogP contribution in [-0.2, 0) is 16.3 Å². The summed E-state index contributed by atoms with van der Waals surface area (Å²) in [5.74, 6) is 0.372. The molecule has 1 heterocycles. The molecule has 0 saturated carbocycles. The van der Waals surface area contributed by atoms with Gasteiger partial charge in [0.2, 0.25) is 0 Å². The van der Waals surface area contributed by atoms with Gasteiger partial charge < -0.3 is 0 Å². The molecule has 20 heavy (non-hydrogen) atoms. The first-order chi connectivity index (χ1) is 9.37. The third-order valence-electron chi connectivity index (χ3n) is 4.22. The lowest BCUT2D eigenvalue weighted by Crippen LogP contribution is -2.39. The summed E-state index contributed by atoms with van der Waals surface area (Å²) in [6.45, 7) is 2.10. The van der Waals surface area contributed by atoms with E-state index in [2.05, 4.69) is 11.8 Å². The van der Waals surface area contributed by atoms with Crippen molar-refractivity contribution >= 4 is 9.84 Å². The molecule has 0 radical (unpaired) electrons. The van der Waals surface area contributed by atoms with Crippen LogP contribution in [0, 0.1) is 5.82 Å². The second kappa shape index (κ2) is 6.22. The summed E-state index contributed by atoms with van der Waals surface area (Å²) in [5.41, 5.74) is 0.990. The molecular formula is C15H22FNO2S. The quantitative estimate of drug-likeness (QED) is 0.837. The zero-order valence-electron chi connectivity index (χ0n) is 12.0. The topological polar surface area (TPSA) is 37.4 Å². The van der Waals surface area contributed by atoms with Crippen LogP contribution in [0.3, 0.4) is 0 Å². The lowest BCUT2D eigenvalue weighted by Gasteiger charge is -2.29. The minimum absolute atomic E-state index is 0.127. The normalized spacial score (nSPS) is 23.1. The molecule has 0 amide bonds. The van der Waals surface area contributed by atoms with Crippen molar-refractivity contribution < 1.29 is 12.8 Å². The van der Waals surface area contributed by atoms with Crippen LogP contribution in [0.5, 0.6) is 0 Å². The molecular weight excluding hydrogens is 277 g/mol. The van der Waals surface area contributed by atoms with Crippen LogP contribution < -0.4 is 0 Å². The van der Waals surface area contributed by atoms with Gasteiger partial charge in [0.05, 0.1) is 11.5 Å². The van der Waals surface area contributed by atoms with Crippen molar-refractivity contribution in [3.05, 3.63) is 35.6 Å². The van der Waals surface area contributed by atoms with Crippen molar-refractivity contribution in [2.24, 2.45) is 0 Å².